The number of likely N-dealkylation sites (N-methyl/N-ethyl adjacent to an activating group) is 1. The van der Waals surface area contributed by atoms with Crippen LogP contribution in [0.3, 0.4) is 0 Å². The molecule has 1 saturated carbocycles. The predicted molar refractivity (Wildman–Crippen MR) is 177 cm³/mol. The van der Waals surface area contributed by atoms with Gasteiger partial charge in [0.25, 0.3) is 0 Å². The molecule has 2 aliphatic rings. The molecule has 1 heterocycles. The van der Waals surface area contributed by atoms with Gasteiger partial charge in [0.05, 0.1) is 18.1 Å². The van der Waals surface area contributed by atoms with Crippen LogP contribution >= 0.6 is 0 Å². The van der Waals surface area contributed by atoms with Gasteiger partial charge in [-0.1, -0.05) is 66.4 Å². The molecule has 1 aliphatic heterocycles. The minimum absolute atomic E-state index is 0.0331. The molecule has 248 valence electrons. The Hall–Kier alpha value is -3.19. The zero-order valence-corrected chi connectivity index (χ0v) is 28.2. The molecule has 0 spiro atoms. The van der Waals surface area contributed by atoms with Gasteiger partial charge in [0.15, 0.2) is 5.78 Å². The van der Waals surface area contributed by atoms with Gasteiger partial charge in [-0.05, 0) is 58.0 Å². The highest BCUT2D eigenvalue weighted by Crippen LogP contribution is 2.38. The maximum atomic E-state index is 12.0. The largest absolute Gasteiger partial charge is 0.355 e. The van der Waals surface area contributed by atoms with Gasteiger partial charge in [-0.2, -0.15) is 0 Å². The zero-order valence-electron chi connectivity index (χ0n) is 28.2. The second-order valence-corrected chi connectivity index (χ2v) is 10.6. The maximum absolute atomic E-state index is 12.0. The topological polar surface area (TPSA) is 137 Å². The van der Waals surface area contributed by atoms with Gasteiger partial charge in [-0.3, -0.25) is 19.3 Å². The Bertz CT molecular complexity index is 813. The molecule has 0 aromatic heterocycles. The molecule has 2 fully saturated rings. The van der Waals surface area contributed by atoms with E-state index in [0.717, 1.165) is 51.4 Å². The van der Waals surface area contributed by atoms with Crippen molar-refractivity contribution in [2.75, 3.05) is 27.2 Å². The third-order valence-electron chi connectivity index (χ3n) is 6.95. The molecule has 10 nitrogen and oxygen atoms in total. The number of hydrogen-bond acceptors (Lipinski definition) is 6. The molecule has 1 saturated heterocycles. The standard InChI is InChI=1S/C13H20N2O2.C11H20N2O2.C4H7NO.C3H8.C2H6/c1-4-5-7-11(10(2)16)14-13(17)12-8-6-9-15(12)3;1-11(6-4-3-5-7-11)9(8-14)13-10(15)12-2;1-2-3-5-4-6;1-3-2;1-2/h1,11-12H,5-9H2,2-3H3,(H,14,17);8-9H,3-7H2,1-2H3,(H2,12,13,15);2,4H,1,3H2,(H,5,6);3H2,1-2H3;1-2H3. The highest BCUT2D eigenvalue weighted by molar-refractivity contribution is 5.89. The Morgan fingerprint density at radius 3 is 2.05 bits per heavy atom. The second-order valence-electron chi connectivity index (χ2n) is 10.6. The van der Waals surface area contributed by atoms with Crippen molar-refractivity contribution in [2.45, 2.75) is 124 Å². The van der Waals surface area contributed by atoms with E-state index in [9.17, 15) is 24.0 Å². The molecule has 10 heteroatoms. The Morgan fingerprint density at radius 2 is 1.67 bits per heavy atom. The highest BCUT2D eigenvalue weighted by Gasteiger charge is 2.36. The molecule has 0 radical (unpaired) electrons. The first-order valence-corrected chi connectivity index (χ1v) is 15.7. The van der Waals surface area contributed by atoms with E-state index in [4.69, 9.17) is 6.42 Å². The number of likely N-dealkylation sites (tertiary alicyclic amines) is 1. The number of hydrogen-bond donors (Lipinski definition) is 4. The number of aldehydes is 1. The maximum Gasteiger partial charge on any atom is 0.315 e. The van der Waals surface area contributed by atoms with E-state index < -0.39 is 6.04 Å². The minimum Gasteiger partial charge on any atom is -0.355 e. The number of rotatable bonds is 11. The smallest absolute Gasteiger partial charge is 0.315 e. The van der Waals surface area contributed by atoms with E-state index in [-0.39, 0.29) is 35.2 Å². The molecule has 4 N–H and O–H groups in total. The average molecular weight is 608 g/mol. The van der Waals surface area contributed by atoms with Crippen LogP contribution < -0.4 is 21.3 Å². The molecule has 4 amide bonds. The molecule has 1 aliphatic carbocycles. The van der Waals surface area contributed by atoms with E-state index in [0.29, 0.717) is 25.8 Å². The summed E-state index contributed by atoms with van der Waals surface area (Å²) >= 11 is 0. The summed E-state index contributed by atoms with van der Waals surface area (Å²) in [7, 11) is 3.49. The number of carbonyl (C=O) groups excluding carboxylic acids is 5. The van der Waals surface area contributed by atoms with E-state index in [1.807, 2.05) is 25.8 Å². The van der Waals surface area contributed by atoms with Crippen LogP contribution in [0.1, 0.15) is 106 Å². The summed E-state index contributed by atoms with van der Waals surface area (Å²) in [5.74, 6) is 2.40. The quantitative estimate of drug-likeness (QED) is 0.119. The lowest BCUT2D eigenvalue weighted by atomic mass is 9.71. The first-order valence-electron chi connectivity index (χ1n) is 15.7. The normalized spacial score (nSPS) is 17.6. The highest BCUT2D eigenvalue weighted by atomic mass is 16.2. The number of nitrogens with one attached hydrogen (secondary N) is 4. The van der Waals surface area contributed by atoms with Gasteiger partial charge < -0.3 is 26.1 Å². The van der Waals surface area contributed by atoms with Crippen LogP contribution in [-0.4, -0.2) is 80.6 Å². The van der Waals surface area contributed by atoms with Crippen LogP contribution in [-0.2, 0) is 19.2 Å². The fourth-order valence-corrected chi connectivity index (χ4v) is 4.50. The van der Waals surface area contributed by atoms with Crippen molar-refractivity contribution < 1.29 is 24.0 Å². The van der Waals surface area contributed by atoms with Crippen LogP contribution in [0.4, 0.5) is 4.79 Å². The summed E-state index contributed by atoms with van der Waals surface area (Å²) in [6.45, 7) is 16.7. The predicted octanol–water partition coefficient (Wildman–Crippen LogP) is 4.38. The number of ketones is 1. The van der Waals surface area contributed by atoms with Crippen molar-refractivity contribution in [3.63, 3.8) is 0 Å². The Morgan fingerprint density at radius 1 is 1.09 bits per heavy atom. The summed E-state index contributed by atoms with van der Waals surface area (Å²) in [6, 6.07) is -1.17. The summed E-state index contributed by atoms with van der Waals surface area (Å²) in [5, 5.41) is 10.4. The molecule has 0 aromatic rings. The molecule has 43 heavy (non-hydrogen) atoms. The van der Waals surface area contributed by atoms with Crippen LogP contribution in [0, 0.1) is 17.8 Å². The fraction of sp³-hybridized carbons (Fsp3) is 0.727. The molecule has 2 rings (SSSR count). The summed E-state index contributed by atoms with van der Waals surface area (Å²) in [5.41, 5.74) is -0.0630. The van der Waals surface area contributed by atoms with Crippen molar-refractivity contribution in [3.8, 4) is 12.3 Å². The summed E-state index contributed by atoms with van der Waals surface area (Å²) in [4.78, 5) is 57.0. The van der Waals surface area contributed by atoms with Gasteiger partial charge in [0.2, 0.25) is 12.3 Å². The number of amides is 4. The number of carbonyl (C=O) groups is 5. The van der Waals surface area contributed by atoms with Crippen molar-refractivity contribution in [2.24, 2.45) is 5.41 Å². The molecule has 0 bridgehead atoms. The van der Waals surface area contributed by atoms with Gasteiger partial charge >= 0.3 is 6.03 Å². The van der Waals surface area contributed by atoms with Crippen LogP contribution in [0.15, 0.2) is 12.7 Å². The SMILES string of the molecule is C#CCCC(NC(=O)C1CCCN1C)C(C)=O.C=CCNC=O.CC.CCC.CNC(=O)NC(C=O)C1(C)CCCCC1. The summed E-state index contributed by atoms with van der Waals surface area (Å²) in [6.07, 6.45) is 18.0. The second kappa shape index (κ2) is 28.9. The van der Waals surface area contributed by atoms with Crippen molar-refractivity contribution >= 4 is 30.4 Å². The van der Waals surface area contributed by atoms with E-state index >= 15 is 0 Å². The molecular formula is C33H61N5O5. The molecule has 3 atom stereocenters. The van der Waals surface area contributed by atoms with E-state index in [2.05, 4.69) is 54.5 Å². The number of nitrogens with zero attached hydrogens (tertiary/aromatic N) is 1. The zero-order chi connectivity index (χ0) is 33.7. The number of Topliss-reactive ketones (excluding diaryl/α,β-unsaturated/α-hetero) is 1. The van der Waals surface area contributed by atoms with Crippen LogP contribution in [0.25, 0.3) is 0 Å². The van der Waals surface area contributed by atoms with Crippen molar-refractivity contribution in [3.05, 3.63) is 12.7 Å². The van der Waals surface area contributed by atoms with Crippen molar-refractivity contribution in [1.82, 2.24) is 26.2 Å². The van der Waals surface area contributed by atoms with E-state index in [1.165, 1.54) is 19.8 Å². The Balaban J connectivity index is -0.000000560. The Kier molecular flexibility index (Phi) is 29.8. The first-order chi connectivity index (χ1) is 20.5. The molecule has 3 unspecified atom stereocenters. The van der Waals surface area contributed by atoms with Gasteiger partial charge in [0, 0.05) is 20.0 Å². The monoisotopic (exact) mass is 607 g/mol. The number of urea groups is 1. The summed E-state index contributed by atoms with van der Waals surface area (Å²) < 4.78 is 0. The third-order valence-corrected chi connectivity index (χ3v) is 6.95. The lowest BCUT2D eigenvalue weighted by molar-refractivity contribution is -0.129. The van der Waals surface area contributed by atoms with E-state index in [1.54, 1.807) is 13.1 Å². The lowest BCUT2D eigenvalue weighted by Crippen LogP contribution is -2.50. The van der Waals surface area contributed by atoms with Crippen molar-refractivity contribution in [1.29, 1.82) is 0 Å². The first kappa shape index (κ1) is 44.3. The fourth-order valence-electron chi connectivity index (χ4n) is 4.50. The molecular weight excluding hydrogens is 546 g/mol. The van der Waals surface area contributed by atoms with Crippen LogP contribution in [0.2, 0.25) is 0 Å². The Labute approximate surface area is 262 Å². The van der Waals surface area contributed by atoms with Crippen LogP contribution in [0.5, 0.6) is 0 Å². The van der Waals surface area contributed by atoms with Gasteiger partial charge in [-0.25, -0.2) is 4.79 Å². The van der Waals surface area contributed by atoms with Gasteiger partial charge in [-0.15, -0.1) is 18.9 Å². The number of terminal acetylenes is 1. The third kappa shape index (κ3) is 21.2. The average Bonchev–Trinajstić information content (AvgIpc) is 3.44. The van der Waals surface area contributed by atoms with Gasteiger partial charge in [0.1, 0.15) is 6.29 Å². The lowest BCUT2D eigenvalue weighted by Gasteiger charge is -2.38. The minimum atomic E-state index is -0.437. The molecule has 0 aromatic carbocycles.